The number of carbonyl (C=O) groups excluding carboxylic acids is 1. The molecule has 0 rings (SSSR count). The summed E-state index contributed by atoms with van der Waals surface area (Å²) in [5.74, 6) is -0.338. The number of carbonyl (C=O) groups is 1. The zero-order chi connectivity index (χ0) is 13.7. The van der Waals surface area contributed by atoms with E-state index in [2.05, 4.69) is 39.3 Å². The number of hydrogen-bond donors (Lipinski definition) is 0. The first kappa shape index (κ1) is 16.6. The molecule has 0 radical (unpaired) electrons. The fraction of sp³-hybridized carbons (Fsp3) is 0.750. The molecule has 100 valence electrons. The molecule has 0 aliphatic carbocycles. The van der Waals surface area contributed by atoms with E-state index in [1.807, 2.05) is 6.92 Å². The Hall–Kier alpha value is -0.396. The van der Waals surface area contributed by atoms with Gasteiger partial charge >= 0.3 is 5.97 Å². The topological polar surface area (TPSA) is 35.5 Å². The summed E-state index contributed by atoms with van der Waals surface area (Å²) in [5.41, 5.74) is 0. The summed E-state index contributed by atoms with van der Waals surface area (Å²) >= 11 is 0. The average molecular weight is 275 g/mol. The predicted octanol–water partition coefficient (Wildman–Crippen LogP) is 3.55. The van der Waals surface area contributed by atoms with Crippen molar-refractivity contribution in [1.29, 1.82) is 0 Å². The molecule has 0 aliphatic heterocycles. The van der Waals surface area contributed by atoms with Gasteiger partial charge in [-0.15, -0.1) is 0 Å². The highest BCUT2D eigenvalue weighted by molar-refractivity contribution is 6.84. The van der Waals surface area contributed by atoms with E-state index in [4.69, 9.17) is 8.85 Å². The first-order valence-electron chi connectivity index (χ1n) is 6.13. The molecule has 0 aliphatic rings. The molecule has 3 nitrogen and oxygen atoms in total. The molecular formula is C12H26O3Si2. The van der Waals surface area contributed by atoms with Crippen LogP contribution >= 0.6 is 0 Å². The molecule has 0 saturated heterocycles. The predicted molar refractivity (Wildman–Crippen MR) is 77.1 cm³/mol. The third-order valence-corrected chi connectivity index (χ3v) is 8.30. The van der Waals surface area contributed by atoms with Crippen LogP contribution in [0.4, 0.5) is 0 Å². The highest BCUT2D eigenvalue weighted by atomic mass is 28.4. The Bertz CT molecular complexity index is 269. The first-order valence-corrected chi connectivity index (χ1v) is 12.6. The van der Waals surface area contributed by atoms with Gasteiger partial charge in [-0.05, 0) is 39.2 Å². The van der Waals surface area contributed by atoms with Crippen LogP contribution in [-0.4, -0.2) is 28.7 Å². The molecule has 1 atom stereocenters. The molecule has 0 N–H and O–H groups in total. The van der Waals surface area contributed by atoms with Gasteiger partial charge < -0.3 is 8.85 Å². The maximum absolute atomic E-state index is 11.2. The summed E-state index contributed by atoms with van der Waals surface area (Å²) in [6.45, 7) is 16.4. The Morgan fingerprint density at radius 3 is 2.18 bits per heavy atom. The molecule has 0 fully saturated rings. The van der Waals surface area contributed by atoms with E-state index in [9.17, 15) is 4.79 Å². The van der Waals surface area contributed by atoms with Gasteiger partial charge in [0.15, 0.2) is 16.6 Å². The van der Waals surface area contributed by atoms with E-state index in [1.165, 1.54) is 6.08 Å². The Morgan fingerprint density at radius 1 is 1.29 bits per heavy atom. The lowest BCUT2D eigenvalue weighted by Gasteiger charge is -2.33. The van der Waals surface area contributed by atoms with Gasteiger partial charge in [-0.1, -0.05) is 13.5 Å². The molecule has 0 aromatic rings. The molecule has 17 heavy (non-hydrogen) atoms. The largest absolute Gasteiger partial charge is 0.459 e. The van der Waals surface area contributed by atoms with Crippen molar-refractivity contribution in [1.82, 2.24) is 0 Å². The van der Waals surface area contributed by atoms with Gasteiger partial charge in [0.25, 0.3) is 0 Å². The second-order valence-electron chi connectivity index (χ2n) is 5.85. The molecule has 0 heterocycles. The minimum Gasteiger partial charge on any atom is -0.459 e. The van der Waals surface area contributed by atoms with Crippen LogP contribution in [0.15, 0.2) is 12.7 Å². The van der Waals surface area contributed by atoms with Gasteiger partial charge in [0.05, 0.1) is 0 Å². The maximum Gasteiger partial charge on any atom is 0.330 e. The standard InChI is InChI=1S/C12H26O3Si2/c1-8-11(14-12(13)9-2)10-17(6,7)15-16(3,4)5/h9,11H,2,8,10H2,1,3-7H3. The van der Waals surface area contributed by atoms with Gasteiger partial charge in [-0.2, -0.15) is 0 Å². The minimum absolute atomic E-state index is 0.0430. The van der Waals surface area contributed by atoms with Crippen molar-refractivity contribution >= 4 is 22.6 Å². The molecule has 0 saturated carbocycles. The van der Waals surface area contributed by atoms with Crippen LogP contribution in [0.2, 0.25) is 38.8 Å². The lowest BCUT2D eigenvalue weighted by atomic mass is 10.3. The summed E-state index contributed by atoms with van der Waals surface area (Å²) in [6.07, 6.45) is 2.00. The number of rotatable bonds is 7. The molecule has 1 unspecified atom stereocenters. The van der Waals surface area contributed by atoms with E-state index in [0.717, 1.165) is 12.5 Å². The van der Waals surface area contributed by atoms with Crippen LogP contribution in [0.3, 0.4) is 0 Å². The first-order chi connectivity index (χ1) is 7.59. The zero-order valence-corrected chi connectivity index (χ0v) is 14.0. The molecule has 0 bridgehead atoms. The molecule has 0 aromatic heterocycles. The van der Waals surface area contributed by atoms with E-state index in [0.29, 0.717) is 0 Å². The lowest BCUT2D eigenvalue weighted by molar-refractivity contribution is -0.142. The third-order valence-electron chi connectivity index (χ3n) is 2.21. The van der Waals surface area contributed by atoms with Gasteiger partial charge in [0.1, 0.15) is 6.10 Å². The van der Waals surface area contributed by atoms with Crippen molar-refractivity contribution in [3.8, 4) is 0 Å². The highest BCUT2D eigenvalue weighted by Crippen LogP contribution is 2.22. The molecule has 5 heteroatoms. The van der Waals surface area contributed by atoms with E-state index < -0.39 is 16.6 Å². The fourth-order valence-corrected chi connectivity index (χ4v) is 10.3. The summed E-state index contributed by atoms with van der Waals surface area (Å²) < 4.78 is 11.5. The van der Waals surface area contributed by atoms with Gasteiger partial charge in [0, 0.05) is 12.1 Å². The quantitative estimate of drug-likeness (QED) is 0.404. The second-order valence-corrected chi connectivity index (χ2v) is 14.8. The van der Waals surface area contributed by atoms with Crippen molar-refractivity contribution in [3.05, 3.63) is 12.7 Å². The Labute approximate surface area is 107 Å². The third kappa shape index (κ3) is 8.34. The van der Waals surface area contributed by atoms with Crippen LogP contribution in [0.25, 0.3) is 0 Å². The minimum atomic E-state index is -1.75. The van der Waals surface area contributed by atoms with Crippen molar-refractivity contribution in [2.75, 3.05) is 0 Å². The summed E-state index contributed by atoms with van der Waals surface area (Å²) in [5, 5.41) is 0. The van der Waals surface area contributed by atoms with Gasteiger partial charge in [-0.3, -0.25) is 0 Å². The van der Waals surface area contributed by atoms with E-state index in [-0.39, 0.29) is 12.1 Å². The van der Waals surface area contributed by atoms with E-state index in [1.54, 1.807) is 0 Å². The Kier molecular flexibility index (Phi) is 6.36. The van der Waals surface area contributed by atoms with Crippen LogP contribution in [0, 0.1) is 0 Å². The van der Waals surface area contributed by atoms with Gasteiger partial charge in [0.2, 0.25) is 0 Å². The summed E-state index contributed by atoms with van der Waals surface area (Å²) in [4.78, 5) is 11.2. The highest BCUT2D eigenvalue weighted by Gasteiger charge is 2.32. The number of ether oxygens (including phenoxy) is 1. The molecule has 0 aromatic carbocycles. The van der Waals surface area contributed by atoms with Crippen molar-refractivity contribution in [3.63, 3.8) is 0 Å². The average Bonchev–Trinajstić information content (AvgIpc) is 2.12. The monoisotopic (exact) mass is 274 g/mol. The molecule has 0 spiro atoms. The normalized spacial score (nSPS) is 14.2. The molecule has 0 amide bonds. The van der Waals surface area contributed by atoms with Crippen molar-refractivity contribution in [2.45, 2.75) is 58.2 Å². The maximum atomic E-state index is 11.2. The van der Waals surface area contributed by atoms with Crippen molar-refractivity contribution < 1.29 is 13.6 Å². The van der Waals surface area contributed by atoms with E-state index >= 15 is 0 Å². The zero-order valence-electron chi connectivity index (χ0n) is 12.0. The van der Waals surface area contributed by atoms with Gasteiger partial charge in [-0.25, -0.2) is 4.79 Å². The second kappa shape index (κ2) is 6.51. The summed E-state index contributed by atoms with van der Waals surface area (Å²) in [7, 11) is -3.27. The van der Waals surface area contributed by atoms with Crippen LogP contribution in [0.5, 0.6) is 0 Å². The smallest absolute Gasteiger partial charge is 0.330 e. The molecular weight excluding hydrogens is 248 g/mol. The Balaban J connectivity index is 4.44. The fourth-order valence-electron chi connectivity index (χ4n) is 1.90. The summed E-state index contributed by atoms with van der Waals surface area (Å²) in [6, 6.07) is 0.855. The van der Waals surface area contributed by atoms with Crippen LogP contribution < -0.4 is 0 Å². The Morgan fingerprint density at radius 2 is 1.82 bits per heavy atom. The number of esters is 1. The number of hydrogen-bond acceptors (Lipinski definition) is 3. The lowest BCUT2D eigenvalue weighted by Crippen LogP contribution is -2.44. The van der Waals surface area contributed by atoms with Crippen LogP contribution in [-0.2, 0) is 13.6 Å². The van der Waals surface area contributed by atoms with Crippen molar-refractivity contribution in [2.24, 2.45) is 0 Å². The SMILES string of the molecule is C=CC(=O)OC(CC)C[Si](C)(C)O[Si](C)(C)C. The van der Waals surface area contributed by atoms with Crippen LogP contribution in [0.1, 0.15) is 13.3 Å².